The fraction of sp³-hybridized carbons (Fsp3) is 0.273. The second-order valence-corrected chi connectivity index (χ2v) is 2.92. The van der Waals surface area contributed by atoms with E-state index >= 15 is 0 Å². The van der Waals surface area contributed by atoms with Crippen LogP contribution >= 0.6 is 0 Å². The van der Waals surface area contributed by atoms with Gasteiger partial charge in [-0.3, -0.25) is 9.78 Å². The molecule has 1 heterocycles. The van der Waals surface area contributed by atoms with Crippen molar-refractivity contribution in [1.82, 2.24) is 4.98 Å². The number of hydrogen-bond donors (Lipinski definition) is 1. The number of nitrogens with zero attached hydrogens (tertiary/aromatic N) is 1. The highest BCUT2D eigenvalue weighted by molar-refractivity contribution is 5.73. The molecule has 2 N–H and O–H groups in total. The third kappa shape index (κ3) is 3.81. The zero-order valence-corrected chi connectivity index (χ0v) is 8.64. The Morgan fingerprint density at radius 3 is 3.13 bits per heavy atom. The molecule has 0 atom stereocenters. The first-order valence-electron chi connectivity index (χ1n) is 4.75. The van der Waals surface area contributed by atoms with E-state index < -0.39 is 0 Å². The Kier molecular flexibility index (Phi) is 4.34. The number of nitrogens with two attached hydrogens (primary N) is 1. The normalized spacial score (nSPS) is 10.5. The van der Waals surface area contributed by atoms with Crippen LogP contribution < -0.4 is 5.73 Å². The van der Waals surface area contributed by atoms with Gasteiger partial charge in [-0.1, -0.05) is 12.2 Å². The van der Waals surface area contributed by atoms with Crippen molar-refractivity contribution in [2.75, 3.05) is 12.3 Å². The Morgan fingerprint density at radius 2 is 2.47 bits per heavy atom. The van der Waals surface area contributed by atoms with E-state index in [1.807, 2.05) is 0 Å². The van der Waals surface area contributed by atoms with E-state index in [1.54, 1.807) is 37.5 Å². The van der Waals surface area contributed by atoms with Crippen molar-refractivity contribution in [3.8, 4) is 0 Å². The van der Waals surface area contributed by atoms with E-state index in [1.165, 1.54) is 0 Å². The first-order chi connectivity index (χ1) is 7.24. The number of anilines is 1. The van der Waals surface area contributed by atoms with Crippen LogP contribution in [-0.4, -0.2) is 17.6 Å². The molecule has 15 heavy (non-hydrogen) atoms. The number of hydrogen-bond acceptors (Lipinski definition) is 4. The van der Waals surface area contributed by atoms with Crippen molar-refractivity contribution >= 4 is 17.7 Å². The van der Waals surface area contributed by atoms with E-state index in [2.05, 4.69) is 4.98 Å². The molecule has 4 heteroatoms. The van der Waals surface area contributed by atoms with Gasteiger partial charge in [-0.15, -0.1) is 0 Å². The molecule has 0 aromatic carbocycles. The molecule has 80 valence electrons. The summed E-state index contributed by atoms with van der Waals surface area (Å²) >= 11 is 0. The number of esters is 1. The summed E-state index contributed by atoms with van der Waals surface area (Å²) in [6.45, 7) is 2.18. The molecule has 1 aromatic rings. The minimum Gasteiger partial charge on any atom is -0.466 e. The van der Waals surface area contributed by atoms with Gasteiger partial charge >= 0.3 is 5.97 Å². The number of aromatic nitrogens is 1. The number of carbonyl (C=O) groups excluding carboxylic acids is 1. The molecule has 4 nitrogen and oxygen atoms in total. The Hall–Kier alpha value is -1.84. The molecular formula is C11H14N2O2. The topological polar surface area (TPSA) is 65.2 Å². The quantitative estimate of drug-likeness (QED) is 0.760. The van der Waals surface area contributed by atoms with E-state index in [0.29, 0.717) is 12.3 Å². The molecule has 0 aliphatic rings. The molecule has 0 bridgehead atoms. The van der Waals surface area contributed by atoms with Crippen LogP contribution in [0.15, 0.2) is 24.5 Å². The predicted molar refractivity (Wildman–Crippen MR) is 58.9 cm³/mol. The molecule has 1 rings (SSSR count). The van der Waals surface area contributed by atoms with E-state index in [4.69, 9.17) is 10.5 Å². The molecule has 0 unspecified atom stereocenters. The molecule has 0 aliphatic heterocycles. The Labute approximate surface area is 88.8 Å². The Balaban J connectivity index is 2.52. The average molecular weight is 206 g/mol. The Bertz CT molecular complexity index is 361. The lowest BCUT2D eigenvalue weighted by Crippen LogP contribution is -2.01. The number of nitrogen functional groups attached to an aromatic ring is 1. The van der Waals surface area contributed by atoms with E-state index in [-0.39, 0.29) is 12.4 Å². The zero-order chi connectivity index (χ0) is 11.1. The lowest BCUT2D eigenvalue weighted by atomic mass is 10.2. The van der Waals surface area contributed by atoms with Crippen LogP contribution in [0.25, 0.3) is 6.08 Å². The first-order valence-corrected chi connectivity index (χ1v) is 4.75. The van der Waals surface area contributed by atoms with Crippen molar-refractivity contribution in [2.45, 2.75) is 13.3 Å². The van der Waals surface area contributed by atoms with Gasteiger partial charge in [0.2, 0.25) is 0 Å². The van der Waals surface area contributed by atoms with Crippen LogP contribution in [0.1, 0.15) is 18.9 Å². The molecule has 0 fully saturated rings. The van der Waals surface area contributed by atoms with Crippen LogP contribution in [0.3, 0.4) is 0 Å². The van der Waals surface area contributed by atoms with Gasteiger partial charge in [0.25, 0.3) is 0 Å². The SMILES string of the molecule is CCOC(=O)CC=Cc1cnccc1N. The molecule has 0 spiro atoms. The van der Waals surface area contributed by atoms with Gasteiger partial charge in [0, 0.05) is 23.6 Å². The fourth-order valence-electron chi connectivity index (χ4n) is 1.06. The van der Waals surface area contributed by atoms with Crippen molar-refractivity contribution in [3.63, 3.8) is 0 Å². The van der Waals surface area contributed by atoms with Crippen LogP contribution in [0, 0.1) is 0 Å². The lowest BCUT2D eigenvalue weighted by molar-refractivity contribution is -0.142. The monoisotopic (exact) mass is 206 g/mol. The highest BCUT2D eigenvalue weighted by atomic mass is 16.5. The highest BCUT2D eigenvalue weighted by Gasteiger charge is 1.97. The van der Waals surface area contributed by atoms with Crippen LogP contribution in [0.2, 0.25) is 0 Å². The maximum absolute atomic E-state index is 11.0. The summed E-state index contributed by atoms with van der Waals surface area (Å²) in [5.41, 5.74) is 7.14. The number of rotatable bonds is 4. The molecule has 0 aliphatic carbocycles. The minimum absolute atomic E-state index is 0.240. The largest absolute Gasteiger partial charge is 0.466 e. The summed E-state index contributed by atoms with van der Waals surface area (Å²) in [5.74, 6) is -0.240. The third-order valence-corrected chi connectivity index (χ3v) is 1.77. The summed E-state index contributed by atoms with van der Waals surface area (Å²) < 4.78 is 4.77. The third-order valence-electron chi connectivity index (χ3n) is 1.77. The summed E-state index contributed by atoms with van der Waals surface area (Å²) in [6, 6.07) is 1.71. The zero-order valence-electron chi connectivity index (χ0n) is 8.64. The van der Waals surface area contributed by atoms with Crippen molar-refractivity contribution < 1.29 is 9.53 Å². The molecule has 0 amide bonds. The van der Waals surface area contributed by atoms with Gasteiger partial charge in [-0.25, -0.2) is 0 Å². The van der Waals surface area contributed by atoms with E-state index in [0.717, 1.165) is 5.56 Å². The first kappa shape index (κ1) is 11.2. The lowest BCUT2D eigenvalue weighted by Gasteiger charge is -1.98. The molecule has 0 saturated carbocycles. The van der Waals surface area contributed by atoms with Crippen LogP contribution in [0.5, 0.6) is 0 Å². The summed E-state index contributed by atoms with van der Waals surface area (Å²) in [4.78, 5) is 14.9. The van der Waals surface area contributed by atoms with Crippen molar-refractivity contribution in [2.24, 2.45) is 0 Å². The van der Waals surface area contributed by atoms with Gasteiger partial charge in [0.15, 0.2) is 0 Å². The number of carbonyl (C=O) groups is 1. The van der Waals surface area contributed by atoms with Crippen LogP contribution in [0.4, 0.5) is 5.69 Å². The maximum Gasteiger partial charge on any atom is 0.309 e. The van der Waals surface area contributed by atoms with Crippen molar-refractivity contribution in [1.29, 1.82) is 0 Å². The Morgan fingerprint density at radius 1 is 1.67 bits per heavy atom. The molecule has 0 saturated heterocycles. The van der Waals surface area contributed by atoms with E-state index in [9.17, 15) is 4.79 Å². The molecule has 0 radical (unpaired) electrons. The summed E-state index contributed by atoms with van der Waals surface area (Å²) in [6.07, 6.45) is 7.00. The predicted octanol–water partition coefficient (Wildman–Crippen LogP) is 1.63. The molecular weight excluding hydrogens is 192 g/mol. The highest BCUT2D eigenvalue weighted by Crippen LogP contribution is 2.10. The summed E-state index contributed by atoms with van der Waals surface area (Å²) in [5, 5.41) is 0. The van der Waals surface area contributed by atoms with Gasteiger partial charge in [0.1, 0.15) is 0 Å². The second kappa shape index (κ2) is 5.80. The maximum atomic E-state index is 11.0. The standard InChI is InChI=1S/C11H14N2O2/c1-2-15-11(14)5-3-4-9-8-13-7-6-10(9)12/h3-4,6-8H,2,5H2,1H3,(H2,12,13). The van der Waals surface area contributed by atoms with Gasteiger partial charge in [0.05, 0.1) is 13.0 Å². The average Bonchev–Trinajstić information content (AvgIpc) is 2.21. The number of ether oxygens (including phenoxy) is 1. The van der Waals surface area contributed by atoms with Gasteiger partial charge in [-0.2, -0.15) is 0 Å². The number of pyridine rings is 1. The molecule has 1 aromatic heterocycles. The van der Waals surface area contributed by atoms with Crippen molar-refractivity contribution in [3.05, 3.63) is 30.1 Å². The minimum atomic E-state index is -0.240. The smallest absolute Gasteiger partial charge is 0.309 e. The van der Waals surface area contributed by atoms with Gasteiger partial charge < -0.3 is 10.5 Å². The second-order valence-electron chi connectivity index (χ2n) is 2.92. The van der Waals surface area contributed by atoms with Crippen LogP contribution in [-0.2, 0) is 9.53 Å². The van der Waals surface area contributed by atoms with Gasteiger partial charge in [-0.05, 0) is 13.0 Å². The summed E-state index contributed by atoms with van der Waals surface area (Å²) in [7, 11) is 0. The fourth-order valence-corrected chi connectivity index (χ4v) is 1.06.